The van der Waals surface area contributed by atoms with Gasteiger partial charge in [0.2, 0.25) is 0 Å². The molecule has 72 valence electrons. The zero-order valence-corrected chi connectivity index (χ0v) is 7.68. The molecule has 4 nitrogen and oxygen atoms in total. The van der Waals surface area contributed by atoms with E-state index < -0.39 is 10.7 Å². The number of benzene rings is 1. The van der Waals surface area contributed by atoms with Crippen LogP contribution in [0.25, 0.3) is 10.1 Å². The van der Waals surface area contributed by atoms with E-state index in [0.29, 0.717) is 10.4 Å². The van der Waals surface area contributed by atoms with Gasteiger partial charge in [0.25, 0.3) is 5.69 Å². The molecule has 14 heavy (non-hydrogen) atoms. The van der Waals surface area contributed by atoms with Crippen LogP contribution >= 0.6 is 11.3 Å². The zero-order chi connectivity index (χ0) is 10.3. The fraction of sp³-hybridized carbons (Fsp3) is 0. The minimum absolute atomic E-state index is 0.253. The summed E-state index contributed by atoms with van der Waals surface area (Å²) in [6, 6.07) is 2.20. The maximum atomic E-state index is 13.3. The number of rotatable bonds is 1. The van der Waals surface area contributed by atoms with E-state index >= 15 is 0 Å². The van der Waals surface area contributed by atoms with Crippen molar-refractivity contribution in [1.29, 1.82) is 0 Å². The lowest BCUT2D eigenvalue weighted by molar-refractivity contribution is -0.384. The first-order chi connectivity index (χ1) is 6.59. The Labute approximate surface area is 81.9 Å². The van der Waals surface area contributed by atoms with E-state index in [0.717, 1.165) is 6.07 Å². The molecule has 0 aliphatic heterocycles. The van der Waals surface area contributed by atoms with Gasteiger partial charge in [-0.25, -0.2) is 4.39 Å². The fourth-order valence-corrected chi connectivity index (χ4v) is 2.13. The summed E-state index contributed by atoms with van der Waals surface area (Å²) in [7, 11) is 0. The highest BCUT2D eigenvalue weighted by molar-refractivity contribution is 7.17. The van der Waals surface area contributed by atoms with E-state index in [2.05, 4.69) is 0 Å². The van der Waals surface area contributed by atoms with Crippen molar-refractivity contribution in [2.75, 3.05) is 5.73 Å². The monoisotopic (exact) mass is 212 g/mol. The SMILES string of the molecule is Nc1csc2cc([N+](=O)[O-])cc(F)c12. The van der Waals surface area contributed by atoms with Gasteiger partial charge in [0.15, 0.2) is 0 Å². The summed E-state index contributed by atoms with van der Waals surface area (Å²) in [5.41, 5.74) is 5.57. The third kappa shape index (κ3) is 1.20. The smallest absolute Gasteiger partial charge is 0.273 e. The van der Waals surface area contributed by atoms with Gasteiger partial charge in [-0.1, -0.05) is 0 Å². The Balaban J connectivity index is 2.80. The van der Waals surface area contributed by atoms with E-state index in [1.54, 1.807) is 5.38 Å². The topological polar surface area (TPSA) is 69.2 Å². The summed E-state index contributed by atoms with van der Waals surface area (Å²) < 4.78 is 13.8. The van der Waals surface area contributed by atoms with Crippen molar-refractivity contribution < 1.29 is 9.31 Å². The normalized spacial score (nSPS) is 10.6. The Morgan fingerprint density at radius 3 is 2.86 bits per heavy atom. The molecule has 0 aliphatic rings. The fourth-order valence-electron chi connectivity index (χ4n) is 1.23. The number of halogens is 1. The molecule has 0 radical (unpaired) electrons. The number of thiophene rings is 1. The zero-order valence-electron chi connectivity index (χ0n) is 6.86. The van der Waals surface area contributed by atoms with Crippen molar-refractivity contribution in [3.63, 3.8) is 0 Å². The Bertz CT molecular complexity index is 523. The molecule has 0 fully saturated rings. The minimum atomic E-state index is -0.645. The molecule has 2 aromatic rings. The first kappa shape index (κ1) is 8.89. The number of nitro benzene ring substituents is 1. The lowest BCUT2D eigenvalue weighted by Gasteiger charge is -1.95. The summed E-state index contributed by atoms with van der Waals surface area (Å²) in [6.45, 7) is 0. The van der Waals surface area contributed by atoms with Crippen LogP contribution in [0.2, 0.25) is 0 Å². The van der Waals surface area contributed by atoms with Crippen LogP contribution in [0.1, 0.15) is 0 Å². The second-order valence-corrected chi connectivity index (χ2v) is 3.66. The van der Waals surface area contributed by atoms with E-state index in [-0.39, 0.29) is 11.1 Å². The number of hydrogen-bond donors (Lipinski definition) is 1. The first-order valence-corrected chi connectivity index (χ1v) is 4.58. The van der Waals surface area contributed by atoms with Crippen LogP contribution in [0.3, 0.4) is 0 Å². The van der Waals surface area contributed by atoms with Crippen LogP contribution < -0.4 is 5.73 Å². The number of nitrogens with two attached hydrogens (primary N) is 1. The van der Waals surface area contributed by atoms with Gasteiger partial charge in [-0.3, -0.25) is 10.1 Å². The highest BCUT2D eigenvalue weighted by Crippen LogP contribution is 2.33. The summed E-state index contributed by atoms with van der Waals surface area (Å²) >= 11 is 1.19. The molecule has 2 rings (SSSR count). The highest BCUT2D eigenvalue weighted by Gasteiger charge is 2.14. The Morgan fingerprint density at radius 1 is 1.50 bits per heavy atom. The van der Waals surface area contributed by atoms with Crippen molar-refractivity contribution >= 4 is 32.8 Å². The van der Waals surface area contributed by atoms with E-state index in [1.165, 1.54) is 17.4 Å². The number of nitro groups is 1. The van der Waals surface area contributed by atoms with Crippen LogP contribution in [-0.2, 0) is 0 Å². The Hall–Kier alpha value is -1.69. The minimum Gasteiger partial charge on any atom is -0.397 e. The maximum absolute atomic E-state index is 13.3. The van der Waals surface area contributed by atoms with Gasteiger partial charge in [-0.2, -0.15) is 0 Å². The molecule has 0 saturated heterocycles. The molecule has 2 N–H and O–H groups in total. The number of anilines is 1. The summed E-state index contributed by atoms with van der Waals surface area (Å²) in [5.74, 6) is -0.645. The van der Waals surface area contributed by atoms with Crippen LogP contribution in [0.4, 0.5) is 15.8 Å². The molecule has 0 amide bonds. The van der Waals surface area contributed by atoms with E-state index in [9.17, 15) is 14.5 Å². The summed E-state index contributed by atoms with van der Waals surface area (Å²) in [6.07, 6.45) is 0. The lowest BCUT2D eigenvalue weighted by atomic mass is 10.2. The molecule has 0 spiro atoms. The average Bonchev–Trinajstić information content (AvgIpc) is 2.48. The summed E-state index contributed by atoms with van der Waals surface area (Å²) in [4.78, 5) is 9.79. The molecule has 1 heterocycles. The second kappa shape index (κ2) is 2.91. The van der Waals surface area contributed by atoms with Crippen LogP contribution in [-0.4, -0.2) is 4.92 Å². The molecule has 1 aromatic heterocycles. The average molecular weight is 212 g/mol. The predicted octanol–water partition coefficient (Wildman–Crippen LogP) is 2.53. The van der Waals surface area contributed by atoms with Crippen LogP contribution in [0, 0.1) is 15.9 Å². The number of hydrogen-bond acceptors (Lipinski definition) is 4. The van der Waals surface area contributed by atoms with Gasteiger partial charge in [0, 0.05) is 16.1 Å². The van der Waals surface area contributed by atoms with Crippen molar-refractivity contribution in [2.45, 2.75) is 0 Å². The Morgan fingerprint density at radius 2 is 2.21 bits per heavy atom. The number of nitrogens with zero attached hydrogens (tertiary/aromatic N) is 1. The lowest BCUT2D eigenvalue weighted by Crippen LogP contribution is -1.90. The van der Waals surface area contributed by atoms with Crippen molar-refractivity contribution in [2.24, 2.45) is 0 Å². The third-order valence-electron chi connectivity index (χ3n) is 1.85. The molecular formula is C8H5FN2O2S. The Kier molecular flexibility index (Phi) is 1.85. The van der Waals surface area contributed by atoms with Crippen molar-refractivity contribution in [3.05, 3.63) is 33.4 Å². The standard InChI is InChI=1S/C8H5FN2O2S/c9-5-1-4(11(12)13)2-7-8(5)6(10)3-14-7/h1-3H,10H2. The van der Waals surface area contributed by atoms with Crippen molar-refractivity contribution in [1.82, 2.24) is 0 Å². The van der Waals surface area contributed by atoms with E-state index in [4.69, 9.17) is 5.73 Å². The van der Waals surface area contributed by atoms with Gasteiger partial charge in [0.05, 0.1) is 22.1 Å². The molecule has 0 unspecified atom stereocenters. The molecule has 6 heteroatoms. The van der Waals surface area contributed by atoms with Gasteiger partial charge >= 0.3 is 0 Å². The molecule has 0 atom stereocenters. The summed E-state index contributed by atoms with van der Waals surface area (Å²) in [5, 5.41) is 12.2. The predicted molar refractivity (Wildman–Crippen MR) is 52.8 cm³/mol. The van der Waals surface area contributed by atoms with Gasteiger partial charge < -0.3 is 5.73 Å². The van der Waals surface area contributed by atoms with Gasteiger partial charge in [-0.05, 0) is 0 Å². The van der Waals surface area contributed by atoms with Crippen LogP contribution in [0.5, 0.6) is 0 Å². The van der Waals surface area contributed by atoms with Crippen LogP contribution in [0.15, 0.2) is 17.5 Å². The van der Waals surface area contributed by atoms with Crippen molar-refractivity contribution in [3.8, 4) is 0 Å². The maximum Gasteiger partial charge on any atom is 0.273 e. The molecular weight excluding hydrogens is 207 g/mol. The third-order valence-corrected chi connectivity index (χ3v) is 2.80. The number of nitrogen functional groups attached to an aromatic ring is 1. The quantitative estimate of drug-likeness (QED) is 0.583. The first-order valence-electron chi connectivity index (χ1n) is 3.70. The number of fused-ring (bicyclic) bond motifs is 1. The van der Waals surface area contributed by atoms with E-state index in [1.807, 2.05) is 0 Å². The molecule has 0 aliphatic carbocycles. The second-order valence-electron chi connectivity index (χ2n) is 2.75. The van der Waals surface area contributed by atoms with Gasteiger partial charge in [0.1, 0.15) is 5.82 Å². The molecule has 0 saturated carbocycles. The largest absolute Gasteiger partial charge is 0.397 e. The molecule has 0 bridgehead atoms. The highest BCUT2D eigenvalue weighted by atomic mass is 32.1. The molecule has 1 aromatic carbocycles. The number of non-ortho nitro benzene ring substituents is 1. The van der Waals surface area contributed by atoms with Gasteiger partial charge in [-0.15, -0.1) is 11.3 Å².